The molecule has 4 nitrogen and oxygen atoms in total. The van der Waals surface area contributed by atoms with E-state index in [1.165, 1.54) is 25.5 Å². The Morgan fingerprint density at radius 1 is 1.22 bits per heavy atom. The summed E-state index contributed by atoms with van der Waals surface area (Å²) in [7, 11) is 3.96. The zero-order valence-corrected chi connectivity index (χ0v) is 12.5. The van der Waals surface area contributed by atoms with Crippen LogP contribution in [-0.2, 0) is 9.59 Å². The van der Waals surface area contributed by atoms with Crippen LogP contribution in [0, 0.1) is 0 Å². The van der Waals surface area contributed by atoms with Crippen LogP contribution in [0.5, 0.6) is 0 Å². The third-order valence-electron chi connectivity index (χ3n) is 2.73. The molecule has 2 N–H and O–H groups in total. The molecule has 0 saturated carbocycles. The summed E-state index contributed by atoms with van der Waals surface area (Å²) in [6.45, 7) is 2.51. The van der Waals surface area contributed by atoms with Crippen LogP contribution < -0.4 is 10.6 Å². The summed E-state index contributed by atoms with van der Waals surface area (Å²) < 4.78 is 0. The number of carbonyl (C=O) groups is 2. The average Bonchev–Trinajstić information content (AvgIpc) is 2.83. The Hall–Kier alpha value is -0.360. The Morgan fingerprint density at radius 3 is 2.67 bits per heavy atom. The molecule has 1 aliphatic rings. The zero-order chi connectivity index (χ0) is 13.2. The van der Waals surface area contributed by atoms with Gasteiger partial charge in [-0.15, -0.1) is 0 Å². The van der Waals surface area contributed by atoms with Crippen molar-refractivity contribution in [3.8, 4) is 0 Å². The number of carbonyl (C=O) groups excluding carboxylic acids is 2. The fourth-order valence-corrected chi connectivity index (χ4v) is 4.78. The van der Waals surface area contributed by atoms with Gasteiger partial charge in [-0.3, -0.25) is 9.59 Å². The van der Waals surface area contributed by atoms with Crippen LogP contribution in [0.1, 0.15) is 39.0 Å². The van der Waals surface area contributed by atoms with Gasteiger partial charge in [0.15, 0.2) is 0 Å². The van der Waals surface area contributed by atoms with Crippen LogP contribution in [-0.4, -0.2) is 35.9 Å². The highest BCUT2D eigenvalue weighted by atomic mass is 33.1. The number of rotatable bonds is 8. The molecule has 0 aromatic heterocycles. The molecule has 6 heteroatoms. The molecule has 1 heterocycles. The van der Waals surface area contributed by atoms with Gasteiger partial charge in [0.1, 0.15) is 0 Å². The van der Waals surface area contributed by atoms with E-state index in [9.17, 15) is 9.59 Å². The van der Waals surface area contributed by atoms with Crippen molar-refractivity contribution in [1.82, 2.24) is 10.6 Å². The van der Waals surface area contributed by atoms with Crippen molar-refractivity contribution in [1.29, 1.82) is 0 Å². The van der Waals surface area contributed by atoms with Crippen molar-refractivity contribution in [3.63, 3.8) is 0 Å². The summed E-state index contributed by atoms with van der Waals surface area (Å²) in [6.07, 6.45) is 5.25. The SMILES string of the molecule is CC(=O)NCCNC(=O)CCCCC1CCSS1. The van der Waals surface area contributed by atoms with Crippen molar-refractivity contribution in [2.24, 2.45) is 0 Å². The molecule has 0 aliphatic carbocycles. The maximum absolute atomic E-state index is 11.5. The Balaban J connectivity index is 1.88. The van der Waals surface area contributed by atoms with Crippen molar-refractivity contribution < 1.29 is 9.59 Å². The minimum absolute atomic E-state index is 0.0591. The molecule has 1 rings (SSSR count). The van der Waals surface area contributed by atoms with Gasteiger partial charge in [-0.1, -0.05) is 28.0 Å². The maximum atomic E-state index is 11.5. The molecular weight excluding hydrogens is 268 g/mol. The largest absolute Gasteiger partial charge is 0.355 e. The molecular formula is C12H22N2O2S2. The van der Waals surface area contributed by atoms with Gasteiger partial charge in [0.25, 0.3) is 0 Å². The van der Waals surface area contributed by atoms with Crippen molar-refractivity contribution >= 4 is 33.4 Å². The highest BCUT2D eigenvalue weighted by Crippen LogP contribution is 2.39. The maximum Gasteiger partial charge on any atom is 0.220 e. The predicted molar refractivity (Wildman–Crippen MR) is 78.6 cm³/mol. The van der Waals surface area contributed by atoms with Gasteiger partial charge in [-0.05, 0) is 19.3 Å². The second kappa shape index (κ2) is 9.55. The molecule has 1 fully saturated rings. The Morgan fingerprint density at radius 2 is 2.00 bits per heavy atom. The first-order chi connectivity index (χ1) is 8.68. The van der Waals surface area contributed by atoms with E-state index in [1.807, 2.05) is 21.6 Å². The zero-order valence-electron chi connectivity index (χ0n) is 10.9. The van der Waals surface area contributed by atoms with Gasteiger partial charge in [0.2, 0.25) is 11.8 Å². The first-order valence-corrected chi connectivity index (χ1v) is 8.86. The van der Waals surface area contributed by atoms with E-state index < -0.39 is 0 Å². The van der Waals surface area contributed by atoms with E-state index >= 15 is 0 Å². The molecule has 0 aromatic rings. The summed E-state index contributed by atoms with van der Waals surface area (Å²) in [6, 6.07) is 0. The number of nitrogens with one attached hydrogen (secondary N) is 2. The monoisotopic (exact) mass is 290 g/mol. The summed E-state index contributed by atoms with van der Waals surface area (Å²) in [5.74, 6) is 1.31. The molecule has 0 radical (unpaired) electrons. The van der Waals surface area contributed by atoms with Crippen LogP contribution in [0.2, 0.25) is 0 Å². The fraction of sp³-hybridized carbons (Fsp3) is 0.833. The number of hydrogen-bond donors (Lipinski definition) is 2. The van der Waals surface area contributed by atoms with Crippen LogP contribution in [0.25, 0.3) is 0 Å². The van der Waals surface area contributed by atoms with Gasteiger partial charge in [0, 0.05) is 37.4 Å². The Bertz CT molecular complexity index is 269. The van der Waals surface area contributed by atoms with E-state index in [1.54, 1.807) is 0 Å². The summed E-state index contributed by atoms with van der Waals surface area (Å²) in [4.78, 5) is 22.0. The minimum atomic E-state index is -0.0591. The van der Waals surface area contributed by atoms with Crippen LogP contribution in [0.15, 0.2) is 0 Å². The minimum Gasteiger partial charge on any atom is -0.355 e. The van der Waals surface area contributed by atoms with Crippen LogP contribution in [0.4, 0.5) is 0 Å². The van der Waals surface area contributed by atoms with Crippen molar-refractivity contribution in [2.45, 2.75) is 44.3 Å². The summed E-state index contributed by atoms with van der Waals surface area (Å²) in [5, 5.41) is 6.25. The highest BCUT2D eigenvalue weighted by Gasteiger charge is 2.15. The molecule has 104 valence electrons. The Kier molecular flexibility index (Phi) is 8.33. The van der Waals surface area contributed by atoms with Crippen molar-refractivity contribution in [2.75, 3.05) is 18.8 Å². The van der Waals surface area contributed by atoms with E-state index in [0.717, 1.165) is 18.1 Å². The highest BCUT2D eigenvalue weighted by molar-refractivity contribution is 8.77. The van der Waals surface area contributed by atoms with Gasteiger partial charge in [-0.2, -0.15) is 0 Å². The molecule has 0 bridgehead atoms. The predicted octanol–water partition coefficient (Wildman–Crippen LogP) is 1.95. The van der Waals surface area contributed by atoms with Crippen molar-refractivity contribution in [3.05, 3.63) is 0 Å². The molecule has 1 aliphatic heterocycles. The standard InChI is InChI=1S/C12H22N2O2S2/c1-10(15)13-7-8-14-12(16)5-3-2-4-11-6-9-17-18-11/h11H,2-9H2,1H3,(H,13,15)(H,14,16). The molecule has 18 heavy (non-hydrogen) atoms. The fourth-order valence-electron chi connectivity index (χ4n) is 1.75. The van der Waals surface area contributed by atoms with Gasteiger partial charge < -0.3 is 10.6 Å². The molecule has 1 unspecified atom stereocenters. The van der Waals surface area contributed by atoms with E-state index in [2.05, 4.69) is 10.6 Å². The van der Waals surface area contributed by atoms with E-state index in [0.29, 0.717) is 19.5 Å². The lowest BCUT2D eigenvalue weighted by atomic mass is 10.1. The lowest BCUT2D eigenvalue weighted by molar-refractivity contribution is -0.122. The molecule has 1 atom stereocenters. The third-order valence-corrected chi connectivity index (χ3v) is 5.74. The number of unbranched alkanes of at least 4 members (excludes halogenated alkanes) is 1. The first kappa shape index (κ1) is 15.7. The Labute approximate surface area is 117 Å². The van der Waals surface area contributed by atoms with E-state index in [-0.39, 0.29) is 11.8 Å². The molecule has 2 amide bonds. The summed E-state index contributed by atoms with van der Waals surface area (Å²) in [5.41, 5.74) is 0. The average molecular weight is 290 g/mol. The van der Waals surface area contributed by atoms with Crippen LogP contribution in [0.3, 0.4) is 0 Å². The van der Waals surface area contributed by atoms with Gasteiger partial charge >= 0.3 is 0 Å². The lowest BCUT2D eigenvalue weighted by Crippen LogP contribution is -2.33. The normalized spacial score (nSPS) is 18.6. The number of amides is 2. The number of hydrogen-bond acceptors (Lipinski definition) is 4. The first-order valence-electron chi connectivity index (χ1n) is 6.48. The molecule has 0 aromatic carbocycles. The second-order valence-electron chi connectivity index (χ2n) is 4.41. The van der Waals surface area contributed by atoms with Gasteiger partial charge in [-0.25, -0.2) is 0 Å². The topological polar surface area (TPSA) is 58.2 Å². The lowest BCUT2D eigenvalue weighted by Gasteiger charge is -2.07. The molecule has 1 saturated heterocycles. The summed E-state index contributed by atoms with van der Waals surface area (Å²) >= 11 is 0. The second-order valence-corrected chi connectivity index (χ2v) is 7.20. The van der Waals surface area contributed by atoms with Gasteiger partial charge in [0.05, 0.1) is 0 Å². The molecule has 0 spiro atoms. The quantitative estimate of drug-likeness (QED) is 0.530. The van der Waals surface area contributed by atoms with Crippen LogP contribution >= 0.6 is 21.6 Å². The smallest absolute Gasteiger partial charge is 0.220 e. The third kappa shape index (κ3) is 7.87. The van der Waals surface area contributed by atoms with E-state index in [4.69, 9.17) is 0 Å².